The average Bonchev–Trinajstić information content (AvgIpc) is 2.97. The summed E-state index contributed by atoms with van der Waals surface area (Å²) in [6.07, 6.45) is 3.40. The quantitative estimate of drug-likeness (QED) is 0.685. The van der Waals surface area contributed by atoms with E-state index in [0.29, 0.717) is 0 Å². The molecule has 0 spiro atoms. The first-order valence-corrected chi connectivity index (χ1v) is 7.24. The van der Waals surface area contributed by atoms with Gasteiger partial charge in [-0.1, -0.05) is 0 Å². The summed E-state index contributed by atoms with van der Waals surface area (Å²) in [7, 11) is 0. The lowest BCUT2D eigenvalue weighted by Crippen LogP contribution is -2.31. The summed E-state index contributed by atoms with van der Waals surface area (Å²) in [5.74, 6) is 0.0382. The van der Waals surface area contributed by atoms with Gasteiger partial charge in [-0.2, -0.15) is 0 Å². The smallest absolute Gasteiger partial charge is 0.234 e. The number of fused-ring (bicyclic) bond motifs is 2. The summed E-state index contributed by atoms with van der Waals surface area (Å²) < 4.78 is 0. The largest absolute Gasteiger partial charge is 0.347 e. The Labute approximate surface area is 128 Å². The fourth-order valence-electron chi connectivity index (χ4n) is 2.89. The van der Waals surface area contributed by atoms with Gasteiger partial charge in [0.1, 0.15) is 0 Å². The van der Waals surface area contributed by atoms with Crippen LogP contribution in [0, 0.1) is 0 Å². The lowest BCUT2D eigenvalue weighted by atomic mass is 9.86. The van der Waals surface area contributed by atoms with Gasteiger partial charge in [-0.05, 0) is 43.7 Å². The Morgan fingerprint density at radius 1 is 1.18 bits per heavy atom. The summed E-state index contributed by atoms with van der Waals surface area (Å²) in [5, 5.41) is 13.0. The van der Waals surface area contributed by atoms with Gasteiger partial charge < -0.3 is 21.3 Å². The molecule has 0 saturated heterocycles. The predicted molar refractivity (Wildman–Crippen MR) is 87.0 cm³/mol. The van der Waals surface area contributed by atoms with Crippen molar-refractivity contribution in [1.29, 1.82) is 0 Å². The Kier molecular flexibility index (Phi) is 2.57. The fourth-order valence-corrected chi connectivity index (χ4v) is 2.89. The molecule has 112 valence electrons. The van der Waals surface area contributed by atoms with Crippen molar-refractivity contribution in [2.45, 2.75) is 25.6 Å². The SMILES string of the molecule is CC1(C)C(=O)Nc2cc3c(cc21)NC(Nc1cccnc1)N3. The molecule has 0 aliphatic carbocycles. The highest BCUT2D eigenvalue weighted by Gasteiger charge is 2.39. The molecule has 0 fully saturated rings. The Morgan fingerprint density at radius 2 is 1.95 bits per heavy atom. The highest BCUT2D eigenvalue weighted by Crippen LogP contribution is 2.43. The first kappa shape index (κ1) is 12.9. The zero-order chi connectivity index (χ0) is 15.3. The van der Waals surface area contributed by atoms with Crippen molar-refractivity contribution in [2.75, 3.05) is 21.3 Å². The van der Waals surface area contributed by atoms with Crippen LogP contribution in [0.15, 0.2) is 36.7 Å². The number of hydrogen-bond donors (Lipinski definition) is 4. The van der Waals surface area contributed by atoms with Crippen LogP contribution in [0.4, 0.5) is 22.7 Å². The van der Waals surface area contributed by atoms with Gasteiger partial charge in [-0.3, -0.25) is 9.78 Å². The number of rotatable bonds is 2. The van der Waals surface area contributed by atoms with Gasteiger partial charge in [0, 0.05) is 11.9 Å². The highest BCUT2D eigenvalue weighted by atomic mass is 16.2. The number of pyridine rings is 1. The predicted octanol–water partition coefficient (Wildman–Crippen LogP) is 2.54. The van der Waals surface area contributed by atoms with Crippen molar-refractivity contribution in [3.8, 4) is 0 Å². The van der Waals surface area contributed by atoms with Gasteiger partial charge in [0.25, 0.3) is 0 Å². The van der Waals surface area contributed by atoms with Crippen molar-refractivity contribution >= 4 is 28.7 Å². The van der Waals surface area contributed by atoms with Crippen LogP contribution >= 0.6 is 0 Å². The molecule has 1 amide bonds. The number of benzene rings is 1. The van der Waals surface area contributed by atoms with E-state index in [1.165, 1.54) is 0 Å². The molecule has 0 radical (unpaired) electrons. The number of nitrogens with one attached hydrogen (secondary N) is 4. The third-order valence-electron chi connectivity index (χ3n) is 4.22. The van der Waals surface area contributed by atoms with Crippen LogP contribution in [0.3, 0.4) is 0 Å². The Hall–Kier alpha value is -2.76. The zero-order valence-electron chi connectivity index (χ0n) is 12.4. The minimum Gasteiger partial charge on any atom is -0.347 e. The van der Waals surface area contributed by atoms with Crippen LogP contribution in [-0.2, 0) is 10.2 Å². The second-order valence-corrected chi connectivity index (χ2v) is 6.13. The molecule has 2 aliphatic rings. The van der Waals surface area contributed by atoms with E-state index < -0.39 is 5.41 Å². The number of nitrogens with zero attached hydrogens (tertiary/aromatic N) is 1. The van der Waals surface area contributed by atoms with Crippen molar-refractivity contribution < 1.29 is 4.79 Å². The number of carbonyl (C=O) groups excluding carboxylic acids is 1. The van der Waals surface area contributed by atoms with Crippen LogP contribution in [0.5, 0.6) is 0 Å². The van der Waals surface area contributed by atoms with Crippen molar-refractivity contribution in [3.05, 3.63) is 42.2 Å². The van der Waals surface area contributed by atoms with E-state index in [4.69, 9.17) is 0 Å². The van der Waals surface area contributed by atoms with Crippen LogP contribution in [0.1, 0.15) is 19.4 Å². The maximum Gasteiger partial charge on any atom is 0.234 e. The second-order valence-electron chi connectivity index (χ2n) is 6.13. The van der Waals surface area contributed by atoms with Crippen molar-refractivity contribution in [3.63, 3.8) is 0 Å². The van der Waals surface area contributed by atoms with E-state index in [1.807, 2.05) is 38.1 Å². The third-order valence-corrected chi connectivity index (χ3v) is 4.22. The van der Waals surface area contributed by atoms with Crippen molar-refractivity contribution in [1.82, 2.24) is 4.98 Å². The van der Waals surface area contributed by atoms with E-state index in [-0.39, 0.29) is 12.2 Å². The summed E-state index contributed by atoms with van der Waals surface area (Å²) in [5.41, 5.74) is 4.29. The standard InChI is InChI=1S/C16H17N5O/c1-16(2)10-6-12-13(7-11(10)19-14(16)22)21-15(20-12)18-9-4-3-5-17-8-9/h3-8,15,18,20-21H,1-2H3,(H,19,22). The molecule has 2 aromatic rings. The number of hydrogen-bond acceptors (Lipinski definition) is 5. The number of amides is 1. The molecule has 0 bridgehead atoms. The zero-order valence-corrected chi connectivity index (χ0v) is 12.4. The second kappa shape index (κ2) is 4.37. The van der Waals surface area contributed by atoms with Gasteiger partial charge in [0.2, 0.25) is 5.91 Å². The third kappa shape index (κ3) is 1.88. The van der Waals surface area contributed by atoms with Crippen LogP contribution < -0.4 is 21.3 Å². The topological polar surface area (TPSA) is 78.1 Å². The molecular weight excluding hydrogens is 278 g/mol. The number of aromatic nitrogens is 1. The first-order valence-electron chi connectivity index (χ1n) is 7.24. The highest BCUT2D eigenvalue weighted by molar-refractivity contribution is 6.07. The lowest BCUT2D eigenvalue weighted by molar-refractivity contribution is -0.119. The molecule has 1 atom stereocenters. The summed E-state index contributed by atoms with van der Waals surface area (Å²) >= 11 is 0. The monoisotopic (exact) mass is 295 g/mol. The maximum atomic E-state index is 12.0. The fraction of sp³-hybridized carbons (Fsp3) is 0.250. The molecule has 1 aromatic heterocycles. The molecule has 2 aliphatic heterocycles. The molecule has 6 heteroatoms. The van der Waals surface area contributed by atoms with Crippen LogP contribution in [-0.4, -0.2) is 17.2 Å². The lowest BCUT2D eigenvalue weighted by Gasteiger charge is -2.16. The first-order chi connectivity index (χ1) is 10.5. The molecular formula is C16H17N5O. The summed E-state index contributed by atoms with van der Waals surface area (Å²) in [4.78, 5) is 16.1. The van der Waals surface area contributed by atoms with E-state index in [9.17, 15) is 4.79 Å². The molecule has 1 unspecified atom stereocenters. The Balaban J connectivity index is 1.60. The van der Waals surface area contributed by atoms with Gasteiger partial charge in [-0.15, -0.1) is 0 Å². The Morgan fingerprint density at radius 3 is 2.68 bits per heavy atom. The van der Waals surface area contributed by atoms with E-state index >= 15 is 0 Å². The van der Waals surface area contributed by atoms with E-state index in [2.05, 4.69) is 26.3 Å². The molecule has 6 nitrogen and oxygen atoms in total. The minimum atomic E-state index is -0.499. The summed E-state index contributed by atoms with van der Waals surface area (Å²) in [6, 6.07) is 7.87. The van der Waals surface area contributed by atoms with Crippen molar-refractivity contribution in [2.24, 2.45) is 0 Å². The maximum absolute atomic E-state index is 12.0. The van der Waals surface area contributed by atoms with E-state index in [1.54, 1.807) is 12.4 Å². The summed E-state index contributed by atoms with van der Waals surface area (Å²) in [6.45, 7) is 3.88. The number of carbonyl (C=O) groups is 1. The van der Waals surface area contributed by atoms with Gasteiger partial charge in [0.15, 0.2) is 6.29 Å². The van der Waals surface area contributed by atoms with Crippen LogP contribution in [0.25, 0.3) is 0 Å². The Bertz CT molecular complexity index is 757. The minimum absolute atomic E-state index is 0.0382. The molecule has 22 heavy (non-hydrogen) atoms. The van der Waals surface area contributed by atoms with Gasteiger partial charge in [0.05, 0.1) is 28.7 Å². The van der Waals surface area contributed by atoms with Gasteiger partial charge >= 0.3 is 0 Å². The van der Waals surface area contributed by atoms with Crippen LogP contribution in [0.2, 0.25) is 0 Å². The molecule has 4 rings (SSSR count). The molecule has 3 heterocycles. The molecule has 1 aromatic carbocycles. The molecule has 4 N–H and O–H groups in total. The average molecular weight is 295 g/mol. The van der Waals surface area contributed by atoms with E-state index in [0.717, 1.165) is 28.3 Å². The number of anilines is 4. The van der Waals surface area contributed by atoms with Gasteiger partial charge in [-0.25, -0.2) is 0 Å². The molecule has 0 saturated carbocycles. The normalized spacial score (nSPS) is 20.5.